The monoisotopic (exact) mass is 412 g/mol. The summed E-state index contributed by atoms with van der Waals surface area (Å²) in [4.78, 5) is 11.6. The second-order valence-corrected chi connectivity index (χ2v) is 9.68. The predicted molar refractivity (Wildman–Crippen MR) is 128 cm³/mol. The van der Waals surface area contributed by atoms with Gasteiger partial charge in [-0.25, -0.2) is 4.79 Å². The minimum absolute atomic E-state index is 0.0321. The van der Waals surface area contributed by atoms with Gasteiger partial charge < -0.3 is 9.47 Å². The van der Waals surface area contributed by atoms with Crippen LogP contribution in [-0.2, 0) is 20.4 Å². The first kappa shape index (κ1) is 25.7. The second kappa shape index (κ2) is 10.7. The summed E-state index contributed by atoms with van der Waals surface area (Å²) in [6, 6.07) is 4.55. The molecular weight excluding hydrogens is 372 g/mol. The standard InChI is InChI=1S/C27H40O3/c1-11-29-24(28)16-19(3)14-13-15-20(4)22-17-21(26(5,6)7)18-23(27(8,9)10)25(22)30-12-2/h13-18H,11-12H2,1-10H3. The van der Waals surface area contributed by atoms with Crippen molar-refractivity contribution >= 4 is 11.5 Å². The smallest absolute Gasteiger partial charge is 0.330 e. The lowest BCUT2D eigenvalue weighted by atomic mass is 9.78. The molecule has 0 radical (unpaired) electrons. The summed E-state index contributed by atoms with van der Waals surface area (Å²) >= 11 is 0. The maximum absolute atomic E-state index is 11.6. The highest BCUT2D eigenvalue weighted by Gasteiger charge is 2.26. The Bertz CT molecular complexity index is 825. The number of hydrogen-bond donors (Lipinski definition) is 0. The molecule has 0 fully saturated rings. The second-order valence-electron chi connectivity index (χ2n) is 9.68. The minimum atomic E-state index is -0.313. The van der Waals surface area contributed by atoms with E-state index in [0.717, 1.165) is 22.5 Å². The number of carbonyl (C=O) groups excluding carboxylic acids is 1. The Morgan fingerprint density at radius 3 is 2.10 bits per heavy atom. The number of ether oxygens (including phenoxy) is 2. The van der Waals surface area contributed by atoms with Crippen molar-refractivity contribution in [3.8, 4) is 5.75 Å². The molecule has 0 unspecified atom stereocenters. The fourth-order valence-corrected chi connectivity index (χ4v) is 3.06. The third-order valence-corrected chi connectivity index (χ3v) is 4.81. The highest BCUT2D eigenvalue weighted by molar-refractivity contribution is 5.83. The van der Waals surface area contributed by atoms with Crippen molar-refractivity contribution in [1.82, 2.24) is 0 Å². The van der Waals surface area contributed by atoms with Crippen molar-refractivity contribution in [2.75, 3.05) is 13.2 Å². The number of rotatable bonds is 7. The van der Waals surface area contributed by atoms with E-state index in [1.165, 1.54) is 17.2 Å². The summed E-state index contributed by atoms with van der Waals surface area (Å²) < 4.78 is 11.1. The van der Waals surface area contributed by atoms with Gasteiger partial charge in [-0.2, -0.15) is 0 Å². The molecule has 0 spiro atoms. The molecule has 0 amide bonds. The van der Waals surface area contributed by atoms with Crippen LogP contribution in [-0.4, -0.2) is 19.2 Å². The summed E-state index contributed by atoms with van der Waals surface area (Å²) in [5.74, 6) is 0.644. The van der Waals surface area contributed by atoms with E-state index < -0.39 is 0 Å². The molecule has 0 atom stereocenters. The van der Waals surface area contributed by atoms with Gasteiger partial charge in [0.25, 0.3) is 0 Å². The van der Waals surface area contributed by atoms with Crippen molar-refractivity contribution < 1.29 is 14.3 Å². The summed E-state index contributed by atoms with van der Waals surface area (Å²) in [5, 5.41) is 0. The molecule has 30 heavy (non-hydrogen) atoms. The maximum Gasteiger partial charge on any atom is 0.330 e. The normalized spacial score (nSPS) is 13.7. The van der Waals surface area contributed by atoms with Crippen LogP contribution >= 0.6 is 0 Å². The molecule has 0 heterocycles. The van der Waals surface area contributed by atoms with Gasteiger partial charge in [0.05, 0.1) is 13.2 Å². The zero-order valence-corrected chi connectivity index (χ0v) is 20.6. The SMILES string of the molecule is CCOC(=O)C=C(C)C=CC=C(C)c1cc(C(C)(C)C)cc(C(C)(C)C)c1OCC. The molecular formula is C27H40O3. The van der Waals surface area contributed by atoms with Gasteiger partial charge in [-0.3, -0.25) is 0 Å². The molecule has 0 aliphatic rings. The van der Waals surface area contributed by atoms with E-state index >= 15 is 0 Å². The van der Waals surface area contributed by atoms with Crippen molar-refractivity contribution in [3.63, 3.8) is 0 Å². The van der Waals surface area contributed by atoms with Gasteiger partial charge in [0.2, 0.25) is 0 Å². The molecule has 1 aromatic carbocycles. The summed E-state index contributed by atoms with van der Waals surface area (Å²) in [7, 11) is 0. The van der Waals surface area contributed by atoms with Crippen LogP contribution in [0, 0.1) is 0 Å². The van der Waals surface area contributed by atoms with Gasteiger partial charge in [-0.15, -0.1) is 0 Å². The van der Waals surface area contributed by atoms with E-state index in [2.05, 4.69) is 66.7 Å². The lowest BCUT2D eigenvalue weighted by molar-refractivity contribution is -0.137. The number of hydrogen-bond acceptors (Lipinski definition) is 3. The molecule has 0 aliphatic heterocycles. The van der Waals surface area contributed by atoms with Gasteiger partial charge in [0.1, 0.15) is 5.75 Å². The zero-order valence-electron chi connectivity index (χ0n) is 20.6. The fraction of sp³-hybridized carbons (Fsp3) is 0.519. The van der Waals surface area contributed by atoms with E-state index in [9.17, 15) is 4.79 Å². The van der Waals surface area contributed by atoms with E-state index in [1.54, 1.807) is 6.92 Å². The lowest BCUT2D eigenvalue weighted by Gasteiger charge is -2.29. The largest absolute Gasteiger partial charge is 0.493 e. The van der Waals surface area contributed by atoms with Gasteiger partial charge >= 0.3 is 5.97 Å². The van der Waals surface area contributed by atoms with Crippen molar-refractivity contribution in [2.24, 2.45) is 0 Å². The summed E-state index contributed by atoms with van der Waals surface area (Å²) in [6.07, 6.45) is 7.46. The molecule has 0 bridgehead atoms. The number of esters is 1. The molecule has 0 saturated carbocycles. The van der Waals surface area contributed by atoms with Crippen LogP contribution in [0.25, 0.3) is 5.57 Å². The van der Waals surface area contributed by atoms with E-state index in [4.69, 9.17) is 9.47 Å². The van der Waals surface area contributed by atoms with Crippen molar-refractivity contribution in [3.05, 3.63) is 58.7 Å². The topological polar surface area (TPSA) is 35.5 Å². The van der Waals surface area contributed by atoms with Crippen LogP contribution in [0.3, 0.4) is 0 Å². The summed E-state index contributed by atoms with van der Waals surface area (Å²) in [5.41, 5.74) is 5.61. The van der Waals surface area contributed by atoms with Crippen LogP contribution in [0.5, 0.6) is 5.75 Å². The van der Waals surface area contributed by atoms with Crippen LogP contribution in [0.4, 0.5) is 0 Å². The maximum atomic E-state index is 11.6. The fourth-order valence-electron chi connectivity index (χ4n) is 3.06. The van der Waals surface area contributed by atoms with Crippen LogP contribution in [0.15, 0.2) is 42.0 Å². The Hall–Kier alpha value is -2.29. The Morgan fingerprint density at radius 2 is 1.60 bits per heavy atom. The first-order chi connectivity index (χ1) is 13.8. The molecule has 1 rings (SSSR count). The van der Waals surface area contributed by atoms with Crippen LogP contribution in [0.2, 0.25) is 0 Å². The van der Waals surface area contributed by atoms with Crippen LogP contribution < -0.4 is 4.74 Å². The number of benzene rings is 1. The molecule has 0 aromatic heterocycles. The Morgan fingerprint density at radius 1 is 0.967 bits per heavy atom. The third kappa shape index (κ3) is 7.51. The van der Waals surface area contributed by atoms with Gasteiger partial charge in [-0.05, 0) is 61.3 Å². The first-order valence-electron chi connectivity index (χ1n) is 10.8. The lowest BCUT2D eigenvalue weighted by Crippen LogP contribution is -2.19. The van der Waals surface area contributed by atoms with E-state index in [1.807, 2.05) is 26.0 Å². The van der Waals surface area contributed by atoms with Gasteiger partial charge in [0, 0.05) is 17.2 Å². The molecule has 3 nitrogen and oxygen atoms in total. The number of carbonyl (C=O) groups is 1. The highest BCUT2D eigenvalue weighted by atomic mass is 16.5. The Balaban J connectivity index is 3.48. The number of allylic oxidation sites excluding steroid dienone is 5. The Kier molecular flexibility index (Phi) is 9.14. The quantitative estimate of drug-likeness (QED) is 0.271. The summed E-state index contributed by atoms with van der Waals surface area (Å²) in [6.45, 7) is 22.2. The molecule has 0 N–H and O–H groups in total. The Labute approximate surface area is 183 Å². The minimum Gasteiger partial charge on any atom is -0.493 e. The molecule has 0 aliphatic carbocycles. The third-order valence-electron chi connectivity index (χ3n) is 4.81. The van der Waals surface area contributed by atoms with Gasteiger partial charge in [0.15, 0.2) is 0 Å². The average molecular weight is 413 g/mol. The average Bonchev–Trinajstić information content (AvgIpc) is 2.60. The van der Waals surface area contributed by atoms with Crippen LogP contribution in [0.1, 0.15) is 85.9 Å². The molecule has 1 aromatic rings. The van der Waals surface area contributed by atoms with Gasteiger partial charge in [-0.1, -0.05) is 65.8 Å². The van der Waals surface area contributed by atoms with E-state index in [-0.39, 0.29) is 16.8 Å². The predicted octanol–water partition coefficient (Wildman–Crippen LogP) is 7.15. The van der Waals surface area contributed by atoms with Crippen molar-refractivity contribution in [1.29, 1.82) is 0 Å². The van der Waals surface area contributed by atoms with Crippen molar-refractivity contribution in [2.45, 2.75) is 80.1 Å². The highest BCUT2D eigenvalue weighted by Crippen LogP contribution is 2.41. The molecule has 3 heteroatoms. The molecule has 0 saturated heterocycles. The molecule has 166 valence electrons. The van der Waals surface area contributed by atoms with E-state index in [0.29, 0.717) is 13.2 Å². The zero-order chi connectivity index (χ0) is 23.1. The first-order valence-corrected chi connectivity index (χ1v) is 10.8.